The molecule has 0 saturated carbocycles. The van der Waals surface area contributed by atoms with Gasteiger partial charge in [0, 0.05) is 55.5 Å². The third kappa shape index (κ3) is 4.83. The molecule has 0 amide bonds. The number of nitrogens with one attached hydrogen (secondary N) is 1. The van der Waals surface area contributed by atoms with E-state index in [1.54, 1.807) is 0 Å². The minimum atomic E-state index is -0.934. The van der Waals surface area contributed by atoms with E-state index in [-0.39, 0.29) is 64.1 Å². The van der Waals surface area contributed by atoms with Crippen molar-refractivity contribution in [3.8, 4) is 47.7 Å². The summed E-state index contributed by atoms with van der Waals surface area (Å²) in [5, 5.41) is 15.4. The molecule has 48 heavy (non-hydrogen) atoms. The van der Waals surface area contributed by atoms with Crippen molar-refractivity contribution in [2.24, 2.45) is 5.92 Å². The van der Waals surface area contributed by atoms with Gasteiger partial charge in [-0.15, -0.1) is 18.8 Å². The predicted molar refractivity (Wildman–Crippen MR) is 178 cm³/mol. The molecule has 0 bridgehead atoms. The summed E-state index contributed by atoms with van der Waals surface area (Å²) < 4.78 is 53.1. The van der Waals surface area contributed by atoms with Crippen molar-refractivity contribution in [3.05, 3.63) is 47.2 Å². The molecule has 0 unspecified atom stereocenters. The molecule has 2 aromatic heterocycles. The second-order valence-electron chi connectivity index (χ2n) is 13.7. The van der Waals surface area contributed by atoms with Crippen molar-refractivity contribution in [3.63, 3.8) is 0 Å². The number of phenols is 1. The number of piperazine rings is 1. The highest BCUT2D eigenvalue weighted by molar-refractivity contribution is 6.03. The van der Waals surface area contributed by atoms with Gasteiger partial charge in [0.05, 0.1) is 22.2 Å². The fourth-order valence-corrected chi connectivity index (χ4v) is 8.51. The first-order valence-corrected chi connectivity index (χ1v) is 16.5. The van der Waals surface area contributed by atoms with E-state index >= 15 is 8.78 Å². The van der Waals surface area contributed by atoms with Crippen molar-refractivity contribution >= 4 is 27.5 Å². The van der Waals surface area contributed by atoms with Gasteiger partial charge in [0.2, 0.25) is 0 Å². The van der Waals surface area contributed by atoms with Crippen molar-refractivity contribution in [1.82, 2.24) is 25.2 Å². The number of halogens is 3. The molecule has 0 radical (unpaired) electrons. The Bertz CT molecular complexity index is 2060. The summed E-state index contributed by atoms with van der Waals surface area (Å²) in [6.45, 7) is 4.64. The summed E-state index contributed by atoms with van der Waals surface area (Å²) in [5.41, 5.74) is 0.107. The largest absolute Gasteiger partial charge is 0.508 e. The number of anilines is 1. The van der Waals surface area contributed by atoms with E-state index in [1.807, 2.05) is 0 Å². The maximum absolute atomic E-state index is 17.2. The van der Waals surface area contributed by atoms with E-state index in [2.05, 4.69) is 38.9 Å². The van der Waals surface area contributed by atoms with Gasteiger partial charge in [-0.1, -0.05) is 18.9 Å². The molecular weight excluding hydrogens is 617 g/mol. The van der Waals surface area contributed by atoms with Gasteiger partial charge in [0.1, 0.15) is 41.4 Å². The maximum atomic E-state index is 17.2. The van der Waals surface area contributed by atoms with Crippen LogP contribution in [0.2, 0.25) is 0 Å². The monoisotopic (exact) mass is 652 g/mol. The molecule has 8 rings (SSSR count). The average Bonchev–Trinajstić information content (AvgIpc) is 3.56. The minimum Gasteiger partial charge on any atom is -0.508 e. The fourth-order valence-electron chi connectivity index (χ4n) is 8.51. The van der Waals surface area contributed by atoms with Crippen molar-refractivity contribution < 1.29 is 23.0 Å². The van der Waals surface area contributed by atoms with Crippen LogP contribution >= 0.6 is 0 Å². The van der Waals surface area contributed by atoms with Crippen LogP contribution in [0.3, 0.4) is 0 Å². The number of phenolic OH excluding ortho intramolecular Hbond substituents is 1. The Hall–Kier alpha value is -4.58. The molecule has 4 aromatic rings. The number of pyridine rings is 1. The lowest BCUT2D eigenvalue weighted by molar-refractivity contribution is 0.107. The molecule has 8 nitrogen and oxygen atoms in total. The van der Waals surface area contributed by atoms with Crippen LogP contribution in [0.15, 0.2) is 24.3 Å². The number of hydrogen-bond donors (Lipinski definition) is 2. The number of ether oxygens (including phenoxy) is 1. The van der Waals surface area contributed by atoms with Gasteiger partial charge in [0.25, 0.3) is 0 Å². The smallest absolute Gasteiger partial charge is 0.319 e. The number of benzene rings is 2. The van der Waals surface area contributed by atoms with E-state index in [9.17, 15) is 9.50 Å². The molecule has 4 aliphatic rings. The van der Waals surface area contributed by atoms with E-state index < -0.39 is 23.3 Å². The highest BCUT2D eigenvalue weighted by atomic mass is 19.1. The first-order chi connectivity index (χ1) is 23.2. The molecule has 2 N–H and O–H groups in total. The SMILES string of the molecule is C#CC[C@@H]1CN2c3nc(OC[C@@]45CCCN4C[C@H](F)C5)nc4c(F)c(-c5cc(O)cc6ccc(F)c(C#C)c56)nc(c34)C[C@H](C)[C@H]2CN1. The number of nitrogens with zero attached hydrogens (tertiary/aromatic N) is 5. The molecular formula is C37H35F3N6O2. The van der Waals surface area contributed by atoms with Gasteiger partial charge in [-0.05, 0) is 55.3 Å². The van der Waals surface area contributed by atoms with Crippen LogP contribution in [0.1, 0.15) is 43.9 Å². The third-order valence-corrected chi connectivity index (χ3v) is 10.7. The fraction of sp³-hybridized carbons (Fsp3) is 0.432. The Balaban J connectivity index is 1.34. The summed E-state index contributed by atoms with van der Waals surface area (Å²) in [7, 11) is 0. The van der Waals surface area contributed by atoms with Crippen LogP contribution in [0, 0.1) is 42.2 Å². The molecule has 0 spiro atoms. The minimum absolute atomic E-state index is 0.000559. The molecule has 0 aliphatic carbocycles. The lowest BCUT2D eigenvalue weighted by Gasteiger charge is -2.42. The Morgan fingerprint density at radius 2 is 2.00 bits per heavy atom. The van der Waals surface area contributed by atoms with E-state index in [4.69, 9.17) is 27.6 Å². The van der Waals surface area contributed by atoms with Crippen molar-refractivity contribution in [2.75, 3.05) is 37.7 Å². The van der Waals surface area contributed by atoms with E-state index in [0.29, 0.717) is 61.2 Å². The Morgan fingerprint density at radius 3 is 2.81 bits per heavy atom. The number of terminal acetylenes is 2. The molecule has 3 saturated heterocycles. The van der Waals surface area contributed by atoms with Crippen LogP contribution in [0.25, 0.3) is 32.9 Å². The van der Waals surface area contributed by atoms with E-state index in [0.717, 1.165) is 19.4 Å². The maximum Gasteiger partial charge on any atom is 0.319 e. The molecule has 2 aromatic carbocycles. The number of fused-ring (bicyclic) bond motifs is 4. The summed E-state index contributed by atoms with van der Waals surface area (Å²) in [5.74, 6) is 4.15. The topological polar surface area (TPSA) is 86.6 Å². The third-order valence-electron chi connectivity index (χ3n) is 10.7. The Morgan fingerprint density at radius 1 is 1.15 bits per heavy atom. The average molecular weight is 653 g/mol. The summed E-state index contributed by atoms with van der Waals surface area (Å²) in [6.07, 6.45) is 13.6. The zero-order valence-corrected chi connectivity index (χ0v) is 26.6. The van der Waals surface area contributed by atoms with Gasteiger partial charge in [0.15, 0.2) is 5.82 Å². The highest BCUT2D eigenvalue weighted by Crippen LogP contribution is 2.44. The molecule has 4 aliphatic heterocycles. The van der Waals surface area contributed by atoms with Crippen LogP contribution in [0.5, 0.6) is 11.8 Å². The number of aromatic hydroxyl groups is 1. The lowest BCUT2D eigenvalue weighted by atomic mass is 9.92. The summed E-state index contributed by atoms with van der Waals surface area (Å²) in [4.78, 5) is 18.8. The van der Waals surface area contributed by atoms with Crippen LogP contribution < -0.4 is 15.0 Å². The number of aromatic nitrogens is 3. The molecule has 6 heterocycles. The summed E-state index contributed by atoms with van der Waals surface area (Å²) in [6, 6.07) is 5.49. The van der Waals surface area contributed by atoms with Gasteiger partial charge in [-0.2, -0.15) is 9.97 Å². The Labute approximate surface area is 276 Å². The van der Waals surface area contributed by atoms with Crippen molar-refractivity contribution in [1.29, 1.82) is 0 Å². The standard InChI is InChI=1S/C37H35F3N6O2/c1-4-7-23-18-46-29(16-41-23)20(3)12-28-31-34(43-36(44-35(31)46)48-19-37-10-6-11-45(37)17-22(38)15-37)32(40)33(42-28)26-14-24(47)13-21-8-9-27(39)25(5-2)30(21)26/h1-2,8-9,13-14,20,22-23,29,41,47H,6-7,10-12,15-19H2,3H3/t20-,22+,23+,29+,37-/m0/s1. The van der Waals surface area contributed by atoms with Crippen LogP contribution in [0.4, 0.5) is 19.0 Å². The summed E-state index contributed by atoms with van der Waals surface area (Å²) >= 11 is 0. The first kappa shape index (κ1) is 30.7. The number of alkyl halides is 1. The number of hydrogen-bond acceptors (Lipinski definition) is 8. The van der Waals surface area contributed by atoms with Crippen LogP contribution in [-0.2, 0) is 6.42 Å². The zero-order chi connectivity index (χ0) is 33.3. The number of rotatable bonds is 5. The quantitative estimate of drug-likeness (QED) is 0.287. The molecule has 5 atom stereocenters. The second-order valence-corrected chi connectivity index (χ2v) is 13.7. The predicted octanol–water partition coefficient (Wildman–Crippen LogP) is 5.13. The Kier molecular flexibility index (Phi) is 7.39. The highest BCUT2D eigenvalue weighted by Gasteiger charge is 2.49. The van der Waals surface area contributed by atoms with Gasteiger partial charge < -0.3 is 20.1 Å². The normalized spacial score (nSPS) is 26.6. The molecule has 3 fully saturated rings. The van der Waals surface area contributed by atoms with Crippen LogP contribution in [-0.4, -0.2) is 81.5 Å². The molecule has 11 heteroatoms. The second kappa shape index (κ2) is 11.5. The first-order valence-electron chi connectivity index (χ1n) is 16.5. The van der Waals surface area contributed by atoms with Gasteiger partial charge >= 0.3 is 6.01 Å². The van der Waals surface area contributed by atoms with Gasteiger partial charge in [-0.25, -0.2) is 18.2 Å². The van der Waals surface area contributed by atoms with Crippen molar-refractivity contribution in [2.45, 2.75) is 62.8 Å². The molecule has 246 valence electrons. The lowest BCUT2D eigenvalue weighted by Crippen LogP contribution is -2.58. The van der Waals surface area contributed by atoms with Gasteiger partial charge in [-0.3, -0.25) is 4.90 Å². The van der Waals surface area contributed by atoms with E-state index in [1.165, 1.54) is 24.3 Å². The zero-order valence-electron chi connectivity index (χ0n) is 26.6.